The van der Waals surface area contributed by atoms with Crippen LogP contribution >= 0.6 is 46.4 Å². The molecule has 0 spiro atoms. The Bertz CT molecular complexity index is 1250. The van der Waals surface area contributed by atoms with Gasteiger partial charge in [-0.15, -0.1) is 0 Å². The Kier molecular flexibility index (Phi) is 8.80. The summed E-state index contributed by atoms with van der Waals surface area (Å²) in [6, 6.07) is 12.3. The maximum Gasteiger partial charge on any atom is 0.348 e. The number of ether oxygens (including phenoxy) is 2. The molecule has 182 valence electrons. The molecule has 3 aromatic carbocycles. The van der Waals surface area contributed by atoms with Gasteiger partial charge in [0.05, 0.1) is 36.7 Å². The number of benzene rings is 3. The predicted octanol–water partition coefficient (Wildman–Crippen LogP) is 8.40. The third-order valence-corrected chi connectivity index (χ3v) is 5.44. The van der Waals surface area contributed by atoms with Crippen molar-refractivity contribution in [1.29, 1.82) is 0 Å². The summed E-state index contributed by atoms with van der Waals surface area (Å²) in [5.41, 5.74) is 0.425. The van der Waals surface area contributed by atoms with E-state index in [0.29, 0.717) is 0 Å². The number of rotatable bonds is 6. The molecule has 0 aliphatic carbocycles. The molecule has 3 rings (SSSR count). The normalized spacial score (nSPS) is 11.3. The van der Waals surface area contributed by atoms with Crippen LogP contribution in [0.5, 0.6) is 11.5 Å². The minimum absolute atomic E-state index is 0.0524. The average Bonchev–Trinajstić information content (AvgIpc) is 2.76. The highest BCUT2D eigenvalue weighted by molar-refractivity contribution is 6.40. The first-order valence-electron chi connectivity index (χ1n) is 9.97. The summed E-state index contributed by atoms with van der Waals surface area (Å²) in [7, 11) is 0. The summed E-state index contributed by atoms with van der Waals surface area (Å²) in [6.45, 7) is 3.53. The molecule has 0 atom stereocenters. The van der Waals surface area contributed by atoms with Gasteiger partial charge in [0.15, 0.2) is 5.75 Å². The van der Waals surface area contributed by atoms with Crippen LogP contribution in [0.4, 0.5) is 16.2 Å². The number of nitrogens with one attached hydrogen (secondary N) is 1. The molecule has 2 amide bonds. The van der Waals surface area contributed by atoms with Crippen LogP contribution in [-0.2, 0) is 4.74 Å². The Morgan fingerprint density at radius 2 is 1.54 bits per heavy atom. The Labute approximate surface area is 220 Å². The number of hydrogen-bond acceptors (Lipinski definition) is 5. The van der Waals surface area contributed by atoms with Gasteiger partial charge in [-0.1, -0.05) is 52.5 Å². The largest absolute Gasteiger partial charge is 0.474 e. The monoisotopic (exact) mass is 555 g/mol. The van der Waals surface area contributed by atoms with E-state index in [9.17, 15) is 14.9 Å². The summed E-state index contributed by atoms with van der Waals surface area (Å²) in [5, 5.41) is 14.1. The van der Waals surface area contributed by atoms with Gasteiger partial charge in [0, 0.05) is 17.8 Å². The minimum Gasteiger partial charge on any atom is -0.474 e. The van der Waals surface area contributed by atoms with Crippen LogP contribution in [0, 0.1) is 10.1 Å². The molecule has 0 saturated carbocycles. The second kappa shape index (κ2) is 11.6. The Morgan fingerprint density at radius 1 is 0.971 bits per heavy atom. The Hall–Kier alpha value is -3.04. The Morgan fingerprint density at radius 3 is 2.06 bits per heavy atom. The number of nitrogens with zero attached hydrogens (tertiary/aromatic N) is 2. The number of nitro groups is 1. The second-order valence-electron chi connectivity index (χ2n) is 7.23. The van der Waals surface area contributed by atoms with Crippen molar-refractivity contribution in [2.45, 2.75) is 20.0 Å². The van der Waals surface area contributed by atoms with Crippen LogP contribution < -0.4 is 10.1 Å². The van der Waals surface area contributed by atoms with Crippen molar-refractivity contribution >= 4 is 69.7 Å². The van der Waals surface area contributed by atoms with Gasteiger partial charge in [-0.3, -0.25) is 10.1 Å². The molecule has 12 heteroatoms. The zero-order valence-electron chi connectivity index (χ0n) is 18.2. The van der Waals surface area contributed by atoms with Crippen molar-refractivity contribution < 1.29 is 19.2 Å². The van der Waals surface area contributed by atoms with E-state index < -0.39 is 11.0 Å². The van der Waals surface area contributed by atoms with E-state index in [1.165, 1.54) is 36.4 Å². The first-order chi connectivity index (χ1) is 16.5. The van der Waals surface area contributed by atoms with Crippen LogP contribution in [0.15, 0.2) is 59.6 Å². The number of hydrogen-bond donors (Lipinski definition) is 1. The van der Waals surface area contributed by atoms with Gasteiger partial charge in [-0.2, -0.15) is 4.99 Å². The number of halogens is 4. The average molecular weight is 557 g/mol. The number of amides is 2. The molecule has 3 aromatic rings. The number of anilines is 1. The van der Waals surface area contributed by atoms with Gasteiger partial charge >= 0.3 is 6.03 Å². The highest BCUT2D eigenvalue weighted by Crippen LogP contribution is 2.39. The molecule has 0 heterocycles. The summed E-state index contributed by atoms with van der Waals surface area (Å²) in [4.78, 5) is 26.9. The fourth-order valence-corrected chi connectivity index (χ4v) is 3.92. The fourth-order valence-electron chi connectivity index (χ4n) is 2.79. The minimum atomic E-state index is -0.784. The van der Waals surface area contributed by atoms with Crippen LogP contribution in [0.2, 0.25) is 20.1 Å². The second-order valence-corrected chi connectivity index (χ2v) is 8.86. The maximum absolute atomic E-state index is 12.6. The van der Waals surface area contributed by atoms with E-state index >= 15 is 0 Å². The molecule has 0 bridgehead atoms. The lowest BCUT2D eigenvalue weighted by molar-refractivity contribution is -0.384. The van der Waals surface area contributed by atoms with Gasteiger partial charge in [0.1, 0.15) is 5.75 Å². The maximum atomic E-state index is 12.6. The molecule has 35 heavy (non-hydrogen) atoms. The zero-order chi connectivity index (χ0) is 25.7. The SMILES string of the molecule is CC(C)O/C(=N\C(=O)Nc1cc(Cl)c(Oc2ccc([N+](=O)[O-])cc2)c(Cl)c1)c1c(Cl)cccc1Cl. The van der Waals surface area contributed by atoms with Gasteiger partial charge in [-0.25, -0.2) is 4.79 Å². The van der Waals surface area contributed by atoms with Gasteiger partial charge in [0.2, 0.25) is 5.90 Å². The quantitative estimate of drug-likeness (QED) is 0.142. The zero-order valence-corrected chi connectivity index (χ0v) is 21.2. The lowest BCUT2D eigenvalue weighted by atomic mass is 10.2. The molecule has 0 aromatic heterocycles. The van der Waals surface area contributed by atoms with Crippen LogP contribution in [0.1, 0.15) is 19.4 Å². The number of urea groups is 1. The summed E-state index contributed by atoms with van der Waals surface area (Å²) < 4.78 is 11.3. The number of nitro benzene ring substituents is 1. The summed E-state index contributed by atoms with van der Waals surface area (Å²) in [6.07, 6.45) is -0.311. The van der Waals surface area contributed by atoms with Crippen LogP contribution in [-0.4, -0.2) is 23.0 Å². The van der Waals surface area contributed by atoms with Gasteiger partial charge < -0.3 is 14.8 Å². The highest BCUT2D eigenvalue weighted by Gasteiger charge is 2.18. The number of non-ortho nitro benzene ring substituents is 1. The third-order valence-electron chi connectivity index (χ3n) is 4.24. The molecular weight excluding hydrogens is 540 g/mol. The van der Waals surface area contributed by atoms with Crippen molar-refractivity contribution in [2.75, 3.05) is 5.32 Å². The van der Waals surface area contributed by atoms with Crippen LogP contribution in [0.25, 0.3) is 0 Å². The van der Waals surface area contributed by atoms with E-state index in [1.54, 1.807) is 32.0 Å². The van der Waals surface area contributed by atoms with Crippen molar-refractivity contribution in [1.82, 2.24) is 0 Å². The lowest BCUT2D eigenvalue weighted by Gasteiger charge is -2.15. The van der Waals surface area contributed by atoms with Crippen molar-refractivity contribution in [3.05, 3.63) is 90.4 Å². The van der Waals surface area contributed by atoms with Gasteiger partial charge in [0.25, 0.3) is 5.69 Å². The van der Waals surface area contributed by atoms with E-state index in [1.807, 2.05) is 0 Å². The Balaban J connectivity index is 1.83. The first-order valence-corrected chi connectivity index (χ1v) is 11.5. The molecule has 1 N–H and O–H groups in total. The molecular formula is C23H17Cl4N3O5. The number of aliphatic imine (C=N–C) groups is 1. The smallest absolute Gasteiger partial charge is 0.348 e. The molecule has 0 fully saturated rings. The van der Waals surface area contributed by atoms with E-state index in [0.717, 1.165) is 0 Å². The molecule has 0 unspecified atom stereocenters. The van der Waals surface area contributed by atoms with E-state index in [-0.39, 0.29) is 60.5 Å². The standard InChI is InChI=1S/C23H17Cl4N3O5/c1-12(2)34-22(20-16(24)4-3-5-17(20)25)29-23(31)28-13-10-18(26)21(19(27)11-13)35-15-8-6-14(7-9-15)30(32)33/h3-12H,1-2H3,(H,28,31)/b29-22-. The summed E-state index contributed by atoms with van der Waals surface area (Å²) >= 11 is 25.1. The topological polar surface area (TPSA) is 103 Å². The predicted molar refractivity (Wildman–Crippen MR) is 138 cm³/mol. The van der Waals surface area contributed by atoms with Gasteiger partial charge in [-0.05, 0) is 50.2 Å². The molecule has 0 saturated heterocycles. The van der Waals surface area contributed by atoms with E-state index in [4.69, 9.17) is 55.9 Å². The molecule has 0 aliphatic heterocycles. The molecule has 0 radical (unpaired) electrons. The van der Waals surface area contributed by atoms with Crippen LogP contribution in [0.3, 0.4) is 0 Å². The number of carbonyl (C=O) groups is 1. The fraction of sp³-hybridized carbons (Fsp3) is 0.130. The lowest BCUT2D eigenvalue weighted by Crippen LogP contribution is -2.18. The molecule has 0 aliphatic rings. The van der Waals surface area contributed by atoms with Crippen molar-refractivity contribution in [3.8, 4) is 11.5 Å². The highest BCUT2D eigenvalue weighted by atomic mass is 35.5. The van der Waals surface area contributed by atoms with E-state index in [2.05, 4.69) is 10.3 Å². The third kappa shape index (κ3) is 6.99. The van der Waals surface area contributed by atoms with Crippen molar-refractivity contribution in [2.24, 2.45) is 4.99 Å². The first kappa shape index (κ1) is 26.6. The number of carbonyl (C=O) groups excluding carboxylic acids is 1. The molecule has 8 nitrogen and oxygen atoms in total. The van der Waals surface area contributed by atoms with Crippen molar-refractivity contribution in [3.63, 3.8) is 0 Å². The summed E-state index contributed by atoms with van der Waals surface area (Å²) in [5.74, 6) is 0.340.